The lowest BCUT2D eigenvalue weighted by Crippen LogP contribution is -2.31. The molecule has 0 aliphatic heterocycles. The van der Waals surface area contributed by atoms with E-state index in [1.165, 1.54) is 12.8 Å². The zero-order chi connectivity index (χ0) is 9.73. The van der Waals surface area contributed by atoms with Gasteiger partial charge in [0.15, 0.2) is 0 Å². The second-order valence-electron chi connectivity index (χ2n) is 4.14. The van der Waals surface area contributed by atoms with Gasteiger partial charge in [0.05, 0.1) is 6.07 Å². The van der Waals surface area contributed by atoms with Crippen molar-refractivity contribution in [1.29, 1.82) is 5.26 Å². The van der Waals surface area contributed by atoms with E-state index in [4.69, 9.17) is 5.26 Å². The summed E-state index contributed by atoms with van der Waals surface area (Å²) in [6.07, 6.45) is 6.08. The van der Waals surface area contributed by atoms with Crippen LogP contribution in [0.4, 0.5) is 0 Å². The average molecular weight is 178 g/mol. The monoisotopic (exact) mass is 178 g/mol. The molecule has 1 N–H and O–H groups in total. The molecule has 1 aliphatic rings. The van der Waals surface area contributed by atoms with E-state index < -0.39 is 0 Å². The Kier molecular flexibility index (Phi) is 3.50. The topological polar surface area (TPSA) is 35.8 Å². The van der Waals surface area contributed by atoms with Gasteiger partial charge >= 0.3 is 0 Å². The zero-order valence-electron chi connectivity index (χ0n) is 8.34. The highest BCUT2D eigenvalue weighted by molar-refractivity contribution is 5.01. The van der Waals surface area contributed by atoms with E-state index in [9.17, 15) is 0 Å². The van der Waals surface area contributed by atoms with E-state index in [0.29, 0.717) is 17.9 Å². The SMILES string of the molecule is C=CCC(C)NCC1(CC#N)CC1. The van der Waals surface area contributed by atoms with E-state index in [1.54, 1.807) is 0 Å². The molecular formula is C11H18N2. The number of nitrogens with one attached hydrogen (secondary N) is 1. The van der Waals surface area contributed by atoms with Crippen molar-refractivity contribution in [1.82, 2.24) is 5.32 Å². The third kappa shape index (κ3) is 3.20. The molecule has 0 aromatic heterocycles. The van der Waals surface area contributed by atoms with Crippen molar-refractivity contribution < 1.29 is 0 Å². The van der Waals surface area contributed by atoms with Crippen molar-refractivity contribution in [2.75, 3.05) is 6.54 Å². The van der Waals surface area contributed by atoms with Gasteiger partial charge in [-0.3, -0.25) is 0 Å². The second-order valence-corrected chi connectivity index (χ2v) is 4.14. The highest BCUT2D eigenvalue weighted by atomic mass is 14.9. The summed E-state index contributed by atoms with van der Waals surface area (Å²) in [5.41, 5.74) is 0.324. The van der Waals surface area contributed by atoms with Gasteiger partial charge in [0.1, 0.15) is 0 Å². The van der Waals surface area contributed by atoms with Gasteiger partial charge in [-0.15, -0.1) is 6.58 Å². The molecule has 1 saturated carbocycles. The van der Waals surface area contributed by atoms with Crippen LogP contribution in [-0.2, 0) is 0 Å². The third-order valence-electron chi connectivity index (χ3n) is 2.76. The molecule has 0 saturated heterocycles. The predicted molar refractivity (Wildman–Crippen MR) is 54.2 cm³/mol. The minimum absolute atomic E-state index is 0.324. The number of rotatable bonds is 6. The molecule has 2 nitrogen and oxygen atoms in total. The Morgan fingerprint density at radius 2 is 2.38 bits per heavy atom. The van der Waals surface area contributed by atoms with Gasteiger partial charge in [0.2, 0.25) is 0 Å². The van der Waals surface area contributed by atoms with Crippen molar-refractivity contribution in [2.24, 2.45) is 5.41 Å². The first-order valence-electron chi connectivity index (χ1n) is 4.94. The van der Waals surface area contributed by atoms with Crippen LogP contribution in [-0.4, -0.2) is 12.6 Å². The van der Waals surface area contributed by atoms with Crippen LogP contribution < -0.4 is 5.32 Å². The first kappa shape index (κ1) is 10.3. The summed E-state index contributed by atoms with van der Waals surface area (Å²) >= 11 is 0. The molecule has 1 aliphatic carbocycles. The van der Waals surface area contributed by atoms with Gasteiger partial charge in [0.25, 0.3) is 0 Å². The molecule has 1 rings (SSSR count). The summed E-state index contributed by atoms with van der Waals surface area (Å²) in [5.74, 6) is 0. The summed E-state index contributed by atoms with van der Waals surface area (Å²) in [4.78, 5) is 0. The van der Waals surface area contributed by atoms with Gasteiger partial charge < -0.3 is 5.32 Å². The fraction of sp³-hybridized carbons (Fsp3) is 0.727. The first-order chi connectivity index (χ1) is 6.22. The van der Waals surface area contributed by atoms with E-state index in [2.05, 4.69) is 24.9 Å². The van der Waals surface area contributed by atoms with Crippen LogP contribution in [0.5, 0.6) is 0 Å². The van der Waals surface area contributed by atoms with E-state index in [1.807, 2.05) is 6.08 Å². The standard InChI is InChI=1S/C11H18N2/c1-3-4-10(2)13-9-11(5-6-11)7-8-12/h3,10,13H,1,4-7,9H2,2H3. The van der Waals surface area contributed by atoms with Crippen LogP contribution in [0.25, 0.3) is 0 Å². The molecule has 1 fully saturated rings. The Bertz CT molecular complexity index is 211. The highest BCUT2D eigenvalue weighted by Gasteiger charge is 2.41. The number of hydrogen-bond acceptors (Lipinski definition) is 2. The fourth-order valence-corrected chi connectivity index (χ4v) is 1.48. The molecule has 1 unspecified atom stereocenters. The third-order valence-corrected chi connectivity index (χ3v) is 2.76. The lowest BCUT2D eigenvalue weighted by Gasteiger charge is -2.16. The Morgan fingerprint density at radius 1 is 1.69 bits per heavy atom. The Labute approximate surface area is 80.6 Å². The van der Waals surface area contributed by atoms with Crippen LogP contribution in [0.2, 0.25) is 0 Å². The predicted octanol–water partition coefficient (Wildman–Crippen LogP) is 2.23. The maximum Gasteiger partial charge on any atom is 0.0628 e. The Hall–Kier alpha value is -0.810. The summed E-state index contributed by atoms with van der Waals surface area (Å²) in [6, 6.07) is 2.76. The van der Waals surface area contributed by atoms with Crippen molar-refractivity contribution >= 4 is 0 Å². The molecule has 0 amide bonds. The van der Waals surface area contributed by atoms with Crippen LogP contribution in [0.15, 0.2) is 12.7 Å². The fourth-order valence-electron chi connectivity index (χ4n) is 1.48. The van der Waals surface area contributed by atoms with Crippen LogP contribution in [0, 0.1) is 16.7 Å². The normalized spacial score (nSPS) is 20.3. The van der Waals surface area contributed by atoms with Gasteiger partial charge in [-0.2, -0.15) is 5.26 Å². The molecule has 13 heavy (non-hydrogen) atoms. The van der Waals surface area contributed by atoms with Gasteiger partial charge in [-0.05, 0) is 31.6 Å². The van der Waals surface area contributed by atoms with E-state index in [-0.39, 0.29) is 0 Å². The van der Waals surface area contributed by atoms with Crippen LogP contribution in [0.3, 0.4) is 0 Å². The number of nitrogens with zero attached hydrogens (tertiary/aromatic N) is 1. The maximum atomic E-state index is 8.62. The summed E-state index contributed by atoms with van der Waals surface area (Å²) < 4.78 is 0. The molecule has 0 bridgehead atoms. The smallest absolute Gasteiger partial charge is 0.0628 e. The minimum Gasteiger partial charge on any atom is -0.313 e. The molecule has 0 heterocycles. The second kappa shape index (κ2) is 4.43. The van der Waals surface area contributed by atoms with Crippen molar-refractivity contribution in [3.05, 3.63) is 12.7 Å². The lowest BCUT2D eigenvalue weighted by atomic mass is 10.0. The molecule has 0 aromatic carbocycles. The van der Waals surface area contributed by atoms with Gasteiger partial charge in [0, 0.05) is 19.0 Å². The van der Waals surface area contributed by atoms with Gasteiger partial charge in [-0.1, -0.05) is 6.08 Å². The van der Waals surface area contributed by atoms with Crippen molar-refractivity contribution in [2.45, 2.75) is 38.6 Å². The quantitative estimate of drug-likeness (QED) is 0.633. The summed E-state index contributed by atoms with van der Waals surface area (Å²) in [5, 5.41) is 12.1. The molecule has 0 aromatic rings. The number of nitriles is 1. The van der Waals surface area contributed by atoms with Crippen molar-refractivity contribution in [3.8, 4) is 6.07 Å². The largest absolute Gasteiger partial charge is 0.313 e. The van der Waals surface area contributed by atoms with Crippen LogP contribution >= 0.6 is 0 Å². The Morgan fingerprint density at radius 3 is 2.85 bits per heavy atom. The number of hydrogen-bond donors (Lipinski definition) is 1. The van der Waals surface area contributed by atoms with E-state index >= 15 is 0 Å². The van der Waals surface area contributed by atoms with E-state index in [0.717, 1.165) is 13.0 Å². The zero-order valence-corrected chi connectivity index (χ0v) is 8.34. The molecule has 2 heteroatoms. The van der Waals surface area contributed by atoms with Crippen molar-refractivity contribution in [3.63, 3.8) is 0 Å². The summed E-state index contributed by atoms with van der Waals surface area (Å²) in [7, 11) is 0. The molecule has 0 spiro atoms. The molecule has 0 radical (unpaired) electrons. The summed E-state index contributed by atoms with van der Waals surface area (Å²) in [6.45, 7) is 6.86. The van der Waals surface area contributed by atoms with Gasteiger partial charge in [-0.25, -0.2) is 0 Å². The minimum atomic E-state index is 0.324. The average Bonchev–Trinajstić information content (AvgIpc) is 2.84. The molecular weight excluding hydrogens is 160 g/mol. The first-order valence-corrected chi connectivity index (χ1v) is 4.94. The lowest BCUT2D eigenvalue weighted by molar-refractivity contribution is 0.428. The highest BCUT2D eigenvalue weighted by Crippen LogP contribution is 2.47. The Balaban J connectivity index is 2.18. The molecule has 1 atom stereocenters. The maximum absolute atomic E-state index is 8.62. The van der Waals surface area contributed by atoms with Crippen LogP contribution in [0.1, 0.15) is 32.6 Å². The molecule has 72 valence electrons.